The van der Waals surface area contributed by atoms with Gasteiger partial charge in [-0.05, 0) is 19.1 Å². The van der Waals surface area contributed by atoms with Crippen molar-refractivity contribution in [3.63, 3.8) is 0 Å². The average molecular weight is 239 g/mol. The van der Waals surface area contributed by atoms with Crippen LogP contribution in [0.4, 0.5) is 10.5 Å². The monoisotopic (exact) mass is 239 g/mol. The van der Waals surface area contributed by atoms with Gasteiger partial charge >= 0.3 is 12.1 Å². The quantitative estimate of drug-likeness (QED) is 0.620. The van der Waals surface area contributed by atoms with Gasteiger partial charge in [-0.25, -0.2) is 9.59 Å². The zero-order valence-electron chi connectivity index (χ0n) is 9.52. The fourth-order valence-electron chi connectivity index (χ4n) is 1.18. The number of para-hydroxylation sites is 1. The Hall–Kier alpha value is -2.24. The SMILES string of the molecule is CCOC(=O)c1cccc(NC(=O)OC)c1O. The van der Waals surface area contributed by atoms with Crippen molar-refractivity contribution >= 4 is 17.7 Å². The fourth-order valence-corrected chi connectivity index (χ4v) is 1.18. The molecule has 0 saturated heterocycles. The van der Waals surface area contributed by atoms with Crippen LogP contribution >= 0.6 is 0 Å². The lowest BCUT2D eigenvalue weighted by molar-refractivity contribution is 0.0523. The molecule has 17 heavy (non-hydrogen) atoms. The molecule has 1 amide bonds. The van der Waals surface area contributed by atoms with E-state index in [1.165, 1.54) is 25.3 Å². The zero-order valence-corrected chi connectivity index (χ0v) is 9.52. The first kappa shape index (κ1) is 12.8. The minimum atomic E-state index is -0.735. The molecule has 1 rings (SSSR count). The van der Waals surface area contributed by atoms with Gasteiger partial charge in [-0.3, -0.25) is 5.32 Å². The number of hydrogen-bond donors (Lipinski definition) is 2. The topological polar surface area (TPSA) is 84.9 Å². The molecule has 0 heterocycles. The molecular weight excluding hydrogens is 226 g/mol. The molecule has 2 N–H and O–H groups in total. The number of aromatic hydroxyl groups is 1. The van der Waals surface area contributed by atoms with Crippen molar-refractivity contribution in [2.75, 3.05) is 19.0 Å². The molecule has 6 nitrogen and oxygen atoms in total. The minimum Gasteiger partial charge on any atom is -0.505 e. The number of esters is 1. The predicted molar refractivity (Wildman–Crippen MR) is 60.1 cm³/mol. The number of amides is 1. The number of methoxy groups -OCH3 is 1. The summed E-state index contributed by atoms with van der Waals surface area (Å²) in [7, 11) is 1.20. The van der Waals surface area contributed by atoms with Crippen LogP contribution in [0.25, 0.3) is 0 Å². The molecule has 0 saturated carbocycles. The first-order valence-corrected chi connectivity index (χ1v) is 4.94. The molecule has 0 aliphatic heterocycles. The molecule has 0 atom stereocenters. The molecule has 92 valence electrons. The second-order valence-electron chi connectivity index (χ2n) is 3.04. The summed E-state index contributed by atoms with van der Waals surface area (Å²) in [5, 5.41) is 12.0. The number of phenolic OH excluding ortho intramolecular Hbond substituents is 1. The van der Waals surface area contributed by atoms with E-state index in [-0.39, 0.29) is 23.6 Å². The van der Waals surface area contributed by atoms with E-state index in [0.29, 0.717) is 0 Å². The number of rotatable bonds is 3. The number of benzene rings is 1. The maximum Gasteiger partial charge on any atom is 0.411 e. The van der Waals surface area contributed by atoms with Crippen LogP contribution in [0.2, 0.25) is 0 Å². The van der Waals surface area contributed by atoms with Crippen LogP contribution in [0.1, 0.15) is 17.3 Å². The highest BCUT2D eigenvalue weighted by Gasteiger charge is 2.16. The van der Waals surface area contributed by atoms with Gasteiger partial charge in [0.1, 0.15) is 5.56 Å². The Balaban J connectivity index is 2.98. The minimum absolute atomic E-state index is 0.0132. The van der Waals surface area contributed by atoms with E-state index in [9.17, 15) is 14.7 Å². The molecule has 0 unspecified atom stereocenters. The Bertz CT molecular complexity index is 430. The van der Waals surface area contributed by atoms with E-state index in [2.05, 4.69) is 10.1 Å². The van der Waals surface area contributed by atoms with Crippen LogP contribution in [0.15, 0.2) is 18.2 Å². The lowest BCUT2D eigenvalue weighted by atomic mass is 10.1. The van der Waals surface area contributed by atoms with E-state index >= 15 is 0 Å². The third-order valence-electron chi connectivity index (χ3n) is 1.95. The summed E-state index contributed by atoms with van der Waals surface area (Å²) < 4.78 is 9.13. The molecule has 0 aliphatic carbocycles. The predicted octanol–water partition coefficient (Wildman–Crippen LogP) is 1.75. The maximum absolute atomic E-state index is 11.4. The van der Waals surface area contributed by atoms with Crippen LogP contribution in [-0.2, 0) is 9.47 Å². The number of hydrogen-bond acceptors (Lipinski definition) is 5. The Morgan fingerprint density at radius 3 is 2.71 bits per heavy atom. The molecule has 0 radical (unpaired) electrons. The highest BCUT2D eigenvalue weighted by molar-refractivity contribution is 5.97. The standard InChI is InChI=1S/C11H13NO5/c1-3-17-10(14)7-5-4-6-8(9(7)13)12-11(15)16-2/h4-6,13H,3H2,1-2H3,(H,12,15). The van der Waals surface area contributed by atoms with Gasteiger partial charge in [0.25, 0.3) is 0 Å². The van der Waals surface area contributed by atoms with Crippen molar-refractivity contribution in [2.24, 2.45) is 0 Å². The van der Waals surface area contributed by atoms with Crippen LogP contribution < -0.4 is 5.32 Å². The van der Waals surface area contributed by atoms with Gasteiger partial charge in [0.15, 0.2) is 5.75 Å². The molecule has 0 bridgehead atoms. The summed E-state index contributed by atoms with van der Waals surface area (Å²) in [6.45, 7) is 1.86. The third-order valence-corrected chi connectivity index (χ3v) is 1.95. The number of anilines is 1. The van der Waals surface area contributed by atoms with Crippen molar-refractivity contribution in [3.05, 3.63) is 23.8 Å². The number of carbonyl (C=O) groups is 2. The van der Waals surface area contributed by atoms with Crippen molar-refractivity contribution in [1.29, 1.82) is 0 Å². The fraction of sp³-hybridized carbons (Fsp3) is 0.273. The normalized spacial score (nSPS) is 9.53. The van der Waals surface area contributed by atoms with Crippen molar-refractivity contribution in [3.8, 4) is 5.75 Å². The summed E-state index contributed by atoms with van der Waals surface area (Å²) in [6, 6.07) is 4.35. The van der Waals surface area contributed by atoms with Gasteiger partial charge in [-0.2, -0.15) is 0 Å². The maximum atomic E-state index is 11.4. The number of carbonyl (C=O) groups excluding carboxylic acids is 2. The lowest BCUT2D eigenvalue weighted by Crippen LogP contribution is -2.12. The largest absolute Gasteiger partial charge is 0.505 e. The van der Waals surface area contributed by atoms with Gasteiger partial charge in [0, 0.05) is 0 Å². The molecule has 1 aromatic rings. The van der Waals surface area contributed by atoms with Gasteiger partial charge in [-0.15, -0.1) is 0 Å². The zero-order chi connectivity index (χ0) is 12.8. The highest BCUT2D eigenvalue weighted by Crippen LogP contribution is 2.28. The van der Waals surface area contributed by atoms with Crippen LogP contribution in [0.3, 0.4) is 0 Å². The lowest BCUT2D eigenvalue weighted by Gasteiger charge is -2.09. The molecular formula is C11H13NO5. The Morgan fingerprint density at radius 2 is 2.12 bits per heavy atom. The summed E-state index contributed by atoms with van der Waals surface area (Å²) in [6.07, 6.45) is -0.735. The van der Waals surface area contributed by atoms with Gasteiger partial charge in [-0.1, -0.05) is 6.07 Å². The second kappa shape index (κ2) is 5.74. The molecule has 1 aromatic carbocycles. The van der Waals surface area contributed by atoms with E-state index < -0.39 is 12.1 Å². The Morgan fingerprint density at radius 1 is 1.41 bits per heavy atom. The Labute approximate surface area is 98.2 Å². The van der Waals surface area contributed by atoms with Gasteiger partial charge in [0.2, 0.25) is 0 Å². The van der Waals surface area contributed by atoms with E-state index in [1.54, 1.807) is 6.92 Å². The molecule has 0 spiro atoms. The van der Waals surface area contributed by atoms with Crippen molar-refractivity contribution in [1.82, 2.24) is 0 Å². The summed E-state index contributed by atoms with van der Waals surface area (Å²) in [4.78, 5) is 22.4. The summed E-state index contributed by atoms with van der Waals surface area (Å²) >= 11 is 0. The summed E-state index contributed by atoms with van der Waals surface area (Å²) in [5.74, 6) is -1.00. The van der Waals surface area contributed by atoms with E-state index in [4.69, 9.17) is 4.74 Å². The number of nitrogens with one attached hydrogen (secondary N) is 1. The average Bonchev–Trinajstić information content (AvgIpc) is 2.32. The van der Waals surface area contributed by atoms with Crippen molar-refractivity contribution < 1.29 is 24.2 Å². The highest BCUT2D eigenvalue weighted by atomic mass is 16.5. The second-order valence-corrected chi connectivity index (χ2v) is 3.04. The Kier molecular flexibility index (Phi) is 4.33. The first-order chi connectivity index (χ1) is 8.10. The smallest absolute Gasteiger partial charge is 0.411 e. The number of ether oxygens (including phenoxy) is 2. The molecule has 0 fully saturated rings. The molecule has 6 heteroatoms. The molecule has 0 aromatic heterocycles. The summed E-state index contributed by atoms with van der Waals surface area (Å²) in [5.41, 5.74) is 0.0724. The van der Waals surface area contributed by atoms with Crippen LogP contribution in [-0.4, -0.2) is 30.9 Å². The first-order valence-electron chi connectivity index (χ1n) is 4.94. The van der Waals surface area contributed by atoms with Gasteiger partial charge < -0.3 is 14.6 Å². The van der Waals surface area contributed by atoms with Crippen molar-refractivity contribution in [2.45, 2.75) is 6.92 Å². The molecule has 0 aliphatic rings. The van der Waals surface area contributed by atoms with Crippen LogP contribution in [0, 0.1) is 0 Å². The van der Waals surface area contributed by atoms with E-state index in [1.807, 2.05) is 0 Å². The van der Waals surface area contributed by atoms with Gasteiger partial charge in [0.05, 0.1) is 19.4 Å². The van der Waals surface area contributed by atoms with Crippen LogP contribution in [0.5, 0.6) is 5.75 Å². The van der Waals surface area contributed by atoms with E-state index in [0.717, 1.165) is 0 Å². The third kappa shape index (κ3) is 3.10. The number of phenols is 1.